The average molecular weight is 314 g/mol. The van der Waals surface area contributed by atoms with Gasteiger partial charge in [0.15, 0.2) is 23.7 Å². The van der Waals surface area contributed by atoms with E-state index in [4.69, 9.17) is 9.47 Å². The van der Waals surface area contributed by atoms with Crippen molar-refractivity contribution in [2.24, 2.45) is 11.8 Å². The Hall–Kier alpha value is -1.07. The molecule has 1 aliphatic carbocycles. The van der Waals surface area contributed by atoms with Crippen molar-refractivity contribution in [3.05, 3.63) is 35.1 Å². The first-order valence-electron chi connectivity index (χ1n) is 8.00. The van der Waals surface area contributed by atoms with Gasteiger partial charge in [0.1, 0.15) is 0 Å². The van der Waals surface area contributed by atoms with Gasteiger partial charge in [-0.2, -0.15) is 0 Å². The molecular weight excluding hydrogens is 293 g/mol. The minimum Gasteiger partial charge on any atom is -0.348 e. The SMILES string of the molecule is CCCC1CCC2OC(c3cc(F)c(F)c(F)c3)OCC2C1. The molecule has 1 aromatic rings. The standard InChI is InChI=1S/C17H21F3O2/c1-2-3-10-4-5-15-12(6-10)9-21-17(22-15)11-7-13(18)16(20)14(19)8-11/h7-8,10,12,15,17H,2-6,9H2,1H3. The molecule has 1 saturated heterocycles. The third kappa shape index (κ3) is 3.15. The van der Waals surface area contributed by atoms with Gasteiger partial charge < -0.3 is 9.47 Å². The van der Waals surface area contributed by atoms with Crippen molar-refractivity contribution >= 4 is 0 Å². The molecule has 1 saturated carbocycles. The van der Waals surface area contributed by atoms with E-state index < -0.39 is 23.7 Å². The summed E-state index contributed by atoms with van der Waals surface area (Å²) in [5.74, 6) is -2.82. The van der Waals surface area contributed by atoms with Crippen LogP contribution in [0.15, 0.2) is 12.1 Å². The smallest absolute Gasteiger partial charge is 0.194 e. The molecule has 1 aliphatic heterocycles. The predicted octanol–water partition coefficient (Wildman–Crippen LogP) is 4.73. The number of benzene rings is 1. The second-order valence-corrected chi connectivity index (χ2v) is 6.37. The van der Waals surface area contributed by atoms with Crippen LogP contribution in [0.1, 0.15) is 50.9 Å². The molecule has 0 spiro atoms. The fraction of sp³-hybridized carbons (Fsp3) is 0.647. The van der Waals surface area contributed by atoms with E-state index in [1.807, 2.05) is 0 Å². The van der Waals surface area contributed by atoms with Gasteiger partial charge in [-0.3, -0.25) is 0 Å². The van der Waals surface area contributed by atoms with Crippen molar-refractivity contribution in [2.75, 3.05) is 6.61 Å². The first kappa shape index (κ1) is 15.8. The van der Waals surface area contributed by atoms with Crippen LogP contribution in [0.5, 0.6) is 0 Å². The van der Waals surface area contributed by atoms with Crippen LogP contribution in [-0.2, 0) is 9.47 Å². The van der Waals surface area contributed by atoms with Crippen molar-refractivity contribution < 1.29 is 22.6 Å². The number of halogens is 3. The lowest BCUT2D eigenvalue weighted by Crippen LogP contribution is -2.40. The van der Waals surface area contributed by atoms with E-state index in [2.05, 4.69) is 6.92 Å². The van der Waals surface area contributed by atoms with Crippen LogP contribution in [-0.4, -0.2) is 12.7 Å². The highest BCUT2D eigenvalue weighted by atomic mass is 19.2. The van der Waals surface area contributed by atoms with Crippen LogP contribution in [0.2, 0.25) is 0 Å². The summed E-state index contributed by atoms with van der Waals surface area (Å²) in [6.45, 7) is 2.71. The Morgan fingerprint density at radius 1 is 1.14 bits per heavy atom. The van der Waals surface area contributed by atoms with Crippen molar-refractivity contribution in [1.82, 2.24) is 0 Å². The number of fused-ring (bicyclic) bond motifs is 1. The molecule has 0 amide bonds. The molecule has 2 nitrogen and oxygen atoms in total. The van der Waals surface area contributed by atoms with Crippen LogP contribution in [0.3, 0.4) is 0 Å². The largest absolute Gasteiger partial charge is 0.348 e. The molecule has 22 heavy (non-hydrogen) atoms. The summed E-state index contributed by atoms with van der Waals surface area (Å²) in [6.07, 6.45) is 4.80. The third-order valence-electron chi connectivity index (χ3n) is 4.76. The molecule has 0 aromatic heterocycles. The maximum absolute atomic E-state index is 13.3. The molecule has 1 heterocycles. The van der Waals surface area contributed by atoms with Crippen LogP contribution < -0.4 is 0 Å². The highest BCUT2D eigenvalue weighted by Crippen LogP contribution is 2.40. The van der Waals surface area contributed by atoms with Crippen LogP contribution in [0.25, 0.3) is 0 Å². The topological polar surface area (TPSA) is 18.5 Å². The van der Waals surface area contributed by atoms with E-state index >= 15 is 0 Å². The van der Waals surface area contributed by atoms with Crippen LogP contribution in [0.4, 0.5) is 13.2 Å². The molecule has 1 aromatic carbocycles. The molecule has 0 bridgehead atoms. The van der Waals surface area contributed by atoms with Gasteiger partial charge in [-0.05, 0) is 37.3 Å². The van der Waals surface area contributed by atoms with E-state index in [0.29, 0.717) is 12.5 Å². The molecule has 4 unspecified atom stereocenters. The minimum atomic E-state index is -1.46. The number of hydrogen-bond donors (Lipinski definition) is 0. The first-order chi connectivity index (χ1) is 10.6. The zero-order chi connectivity index (χ0) is 15.7. The summed E-state index contributed by atoms with van der Waals surface area (Å²) in [4.78, 5) is 0. The van der Waals surface area contributed by atoms with Crippen LogP contribution in [0, 0.1) is 29.3 Å². The second kappa shape index (κ2) is 6.59. The quantitative estimate of drug-likeness (QED) is 0.751. The first-order valence-corrected chi connectivity index (χ1v) is 8.00. The van der Waals surface area contributed by atoms with Gasteiger partial charge in [0.2, 0.25) is 0 Å². The third-order valence-corrected chi connectivity index (χ3v) is 4.76. The monoisotopic (exact) mass is 314 g/mol. The normalized spacial score (nSPS) is 31.8. The summed E-state index contributed by atoms with van der Waals surface area (Å²) in [6, 6.07) is 1.90. The molecule has 4 atom stereocenters. The van der Waals surface area contributed by atoms with Gasteiger partial charge >= 0.3 is 0 Å². The average Bonchev–Trinajstić information content (AvgIpc) is 2.52. The summed E-state index contributed by atoms with van der Waals surface area (Å²) < 4.78 is 51.2. The second-order valence-electron chi connectivity index (χ2n) is 6.37. The van der Waals surface area contributed by atoms with Crippen molar-refractivity contribution in [2.45, 2.75) is 51.4 Å². The molecular formula is C17H21F3O2. The lowest BCUT2D eigenvalue weighted by molar-refractivity contribution is -0.252. The molecule has 122 valence electrons. The number of ether oxygens (including phenoxy) is 2. The predicted molar refractivity (Wildman–Crippen MR) is 75.6 cm³/mol. The van der Waals surface area contributed by atoms with Gasteiger partial charge in [-0.1, -0.05) is 19.8 Å². The van der Waals surface area contributed by atoms with Gasteiger partial charge in [0.05, 0.1) is 12.7 Å². The maximum Gasteiger partial charge on any atom is 0.194 e. The van der Waals surface area contributed by atoms with Crippen molar-refractivity contribution in [3.8, 4) is 0 Å². The van der Waals surface area contributed by atoms with E-state index in [9.17, 15) is 13.2 Å². The van der Waals surface area contributed by atoms with E-state index in [1.54, 1.807) is 0 Å². The molecule has 5 heteroatoms. The summed E-state index contributed by atoms with van der Waals surface area (Å²) >= 11 is 0. The van der Waals surface area contributed by atoms with Gasteiger partial charge in [0.25, 0.3) is 0 Å². The number of hydrogen-bond acceptors (Lipinski definition) is 2. The van der Waals surface area contributed by atoms with Crippen LogP contribution >= 0.6 is 0 Å². The zero-order valence-electron chi connectivity index (χ0n) is 12.7. The molecule has 0 N–H and O–H groups in total. The molecule has 0 radical (unpaired) electrons. The highest BCUT2D eigenvalue weighted by molar-refractivity contribution is 5.21. The van der Waals surface area contributed by atoms with Gasteiger partial charge in [-0.15, -0.1) is 0 Å². The molecule has 2 aliphatic rings. The van der Waals surface area contributed by atoms with Crippen molar-refractivity contribution in [1.29, 1.82) is 0 Å². The fourth-order valence-corrected chi connectivity index (χ4v) is 3.65. The Labute approximate surface area is 128 Å². The Morgan fingerprint density at radius 2 is 1.86 bits per heavy atom. The molecule has 3 rings (SSSR count). The van der Waals surface area contributed by atoms with Gasteiger partial charge in [0, 0.05) is 11.5 Å². The Kier molecular flexibility index (Phi) is 4.73. The fourth-order valence-electron chi connectivity index (χ4n) is 3.65. The Balaban J connectivity index is 1.68. The lowest BCUT2D eigenvalue weighted by atomic mass is 9.77. The van der Waals surface area contributed by atoms with E-state index in [-0.39, 0.29) is 11.7 Å². The summed E-state index contributed by atoms with van der Waals surface area (Å²) in [5.41, 5.74) is 0.200. The van der Waals surface area contributed by atoms with Crippen molar-refractivity contribution in [3.63, 3.8) is 0 Å². The maximum atomic E-state index is 13.3. The highest BCUT2D eigenvalue weighted by Gasteiger charge is 2.37. The van der Waals surface area contributed by atoms with Gasteiger partial charge in [-0.25, -0.2) is 13.2 Å². The Bertz CT molecular complexity index is 512. The molecule has 2 fully saturated rings. The minimum absolute atomic E-state index is 0.0584. The van der Waals surface area contributed by atoms with E-state index in [1.165, 1.54) is 12.8 Å². The Morgan fingerprint density at radius 3 is 2.55 bits per heavy atom. The van der Waals surface area contributed by atoms with E-state index in [0.717, 1.165) is 37.3 Å². The summed E-state index contributed by atoms with van der Waals surface area (Å²) in [7, 11) is 0. The lowest BCUT2D eigenvalue weighted by Gasteiger charge is -2.42. The number of rotatable bonds is 3. The zero-order valence-corrected chi connectivity index (χ0v) is 12.7. The summed E-state index contributed by atoms with van der Waals surface area (Å²) in [5, 5.41) is 0.